The maximum Gasteiger partial charge on any atom is 0.223 e. The third-order valence-electron chi connectivity index (χ3n) is 10.7. The van der Waals surface area contributed by atoms with E-state index in [1.165, 1.54) is 26.2 Å². The normalized spacial score (nSPS) is 19.4. The number of ketones is 2. The van der Waals surface area contributed by atoms with E-state index in [0.29, 0.717) is 62.9 Å². The molecule has 2 unspecified atom stereocenters. The molecule has 0 saturated heterocycles. The molecule has 4 aromatic carbocycles. The van der Waals surface area contributed by atoms with Gasteiger partial charge in [0.25, 0.3) is 0 Å². The number of nitrogens with two attached hydrogens (primary N) is 1. The van der Waals surface area contributed by atoms with Crippen LogP contribution < -0.4 is 39.8 Å². The number of carbonyl (C=O) groups is 2. The second kappa shape index (κ2) is 15.0. The van der Waals surface area contributed by atoms with Gasteiger partial charge < -0.3 is 49.8 Å². The van der Waals surface area contributed by atoms with E-state index in [4.69, 9.17) is 29.4 Å². The fourth-order valence-electron chi connectivity index (χ4n) is 7.71. The molecule has 16 heteroatoms. The standard InChI is InChI=1S/C43H44N8O8/c1-7-43(54)37(53)35(40-48-32-14-10-11-15-33(32)49-40)41(45-3)51(43)25-20-28(57-6)23-29(21-25)58-16-17-59-42(2)36(52)34(39-46-30-12-8-9-13-31(30)47-39)38(44)50(42)24-18-26(55-4)22-27(19-24)56-5/h8-15,18-23,45,54H,7,16-17,44H2,1-6H3,(H,46,47)(H,48,49). The average molecular weight is 801 g/mol. The highest BCUT2D eigenvalue weighted by Gasteiger charge is 2.54. The van der Waals surface area contributed by atoms with Crippen molar-refractivity contribution < 1.29 is 38.4 Å². The van der Waals surface area contributed by atoms with E-state index < -0.39 is 23.0 Å². The second-order valence-corrected chi connectivity index (χ2v) is 14.1. The van der Waals surface area contributed by atoms with Crippen molar-refractivity contribution in [2.24, 2.45) is 5.73 Å². The molecule has 0 saturated carbocycles. The molecule has 304 valence electrons. The molecular formula is C43H44N8O8. The van der Waals surface area contributed by atoms with Crippen molar-refractivity contribution in [3.8, 4) is 23.0 Å². The summed E-state index contributed by atoms with van der Waals surface area (Å²) in [5, 5.41) is 15.2. The summed E-state index contributed by atoms with van der Waals surface area (Å²) in [6, 6.07) is 25.1. The zero-order valence-electron chi connectivity index (χ0n) is 33.4. The molecule has 2 aliphatic heterocycles. The molecule has 0 fully saturated rings. The Labute approximate surface area is 339 Å². The van der Waals surface area contributed by atoms with Gasteiger partial charge in [-0.1, -0.05) is 31.2 Å². The molecule has 8 rings (SSSR count). The van der Waals surface area contributed by atoms with Crippen molar-refractivity contribution in [1.82, 2.24) is 25.3 Å². The van der Waals surface area contributed by atoms with E-state index in [9.17, 15) is 14.7 Å². The molecule has 0 aliphatic carbocycles. The third-order valence-corrected chi connectivity index (χ3v) is 10.7. The van der Waals surface area contributed by atoms with Gasteiger partial charge in [0, 0.05) is 49.9 Å². The van der Waals surface area contributed by atoms with Gasteiger partial charge in [-0.05, 0) is 31.2 Å². The number of benzene rings is 4. The number of aliphatic hydroxyl groups is 1. The van der Waals surface area contributed by atoms with E-state index in [0.717, 1.165) is 11.0 Å². The minimum atomic E-state index is -1.96. The van der Waals surface area contributed by atoms with Gasteiger partial charge in [0.2, 0.25) is 23.0 Å². The molecule has 16 nitrogen and oxygen atoms in total. The first-order chi connectivity index (χ1) is 28.5. The molecule has 2 atom stereocenters. The number of methoxy groups -OCH3 is 3. The van der Waals surface area contributed by atoms with Gasteiger partial charge in [0.15, 0.2) is 0 Å². The summed E-state index contributed by atoms with van der Waals surface area (Å²) in [6.07, 6.45) is 0.0530. The van der Waals surface area contributed by atoms with Crippen LogP contribution in [0, 0.1) is 0 Å². The van der Waals surface area contributed by atoms with Gasteiger partial charge in [-0.3, -0.25) is 19.4 Å². The molecule has 59 heavy (non-hydrogen) atoms. The number of aromatic nitrogens is 4. The highest BCUT2D eigenvalue weighted by Crippen LogP contribution is 2.45. The number of carbonyl (C=O) groups excluding carboxylic acids is 2. The van der Waals surface area contributed by atoms with Gasteiger partial charge in [0.05, 0.1) is 61.4 Å². The van der Waals surface area contributed by atoms with Crippen molar-refractivity contribution in [1.29, 1.82) is 0 Å². The maximum atomic E-state index is 14.5. The van der Waals surface area contributed by atoms with Crippen molar-refractivity contribution in [2.75, 3.05) is 51.4 Å². The number of nitrogens with zero attached hydrogens (tertiary/aromatic N) is 4. The number of hydrogen-bond acceptors (Lipinski definition) is 14. The van der Waals surface area contributed by atoms with Crippen LogP contribution in [0.3, 0.4) is 0 Å². The maximum absolute atomic E-state index is 14.5. The summed E-state index contributed by atoms with van der Waals surface area (Å²) in [5.74, 6) is 1.83. The number of anilines is 2. The Hall–Kier alpha value is -7.04. The Balaban J connectivity index is 1.09. The highest BCUT2D eigenvalue weighted by atomic mass is 16.6. The Kier molecular flexibility index (Phi) is 9.90. The topological polar surface area (TPSA) is 202 Å². The lowest BCUT2D eigenvalue weighted by Gasteiger charge is -2.36. The van der Waals surface area contributed by atoms with E-state index >= 15 is 0 Å². The van der Waals surface area contributed by atoms with Crippen LogP contribution in [0.25, 0.3) is 33.2 Å². The molecule has 0 bridgehead atoms. The summed E-state index contributed by atoms with van der Waals surface area (Å²) in [6.45, 7) is 3.26. The first kappa shape index (κ1) is 38.8. The fourth-order valence-corrected chi connectivity index (χ4v) is 7.71. The number of nitrogens with one attached hydrogen (secondary N) is 3. The predicted molar refractivity (Wildman–Crippen MR) is 222 cm³/mol. The zero-order chi connectivity index (χ0) is 41.6. The zero-order valence-corrected chi connectivity index (χ0v) is 33.4. The molecule has 6 aromatic rings. The summed E-state index contributed by atoms with van der Waals surface area (Å²) in [7, 11) is 6.24. The van der Waals surface area contributed by atoms with Crippen LogP contribution in [0.5, 0.6) is 23.0 Å². The second-order valence-electron chi connectivity index (χ2n) is 14.1. The van der Waals surface area contributed by atoms with E-state index in [-0.39, 0.29) is 36.6 Å². The van der Waals surface area contributed by atoms with Crippen molar-refractivity contribution in [3.05, 3.63) is 108 Å². The minimum absolute atomic E-state index is 0.0272. The number of imidazole rings is 2. The molecule has 0 amide bonds. The number of fused-ring (bicyclic) bond motifs is 2. The third kappa shape index (κ3) is 6.42. The Morgan fingerprint density at radius 2 is 1.24 bits per heavy atom. The molecule has 6 N–H and O–H groups in total. The van der Waals surface area contributed by atoms with Crippen LogP contribution in [0.2, 0.25) is 0 Å². The SMILES string of the molecule is CCC1(O)C(=O)C(c2nc3ccccc3[nH]2)=C(NC)N1c1cc(OC)cc(OCCOC2(C)C(=O)C(c3nc4ccccc4[nH]3)=C(N)N2c2cc(OC)cc(OC)c2)c1. The monoisotopic (exact) mass is 800 g/mol. The Bertz CT molecular complexity index is 2600. The van der Waals surface area contributed by atoms with Crippen LogP contribution in [0.1, 0.15) is 31.9 Å². The van der Waals surface area contributed by atoms with Crippen LogP contribution in [0.15, 0.2) is 96.6 Å². The van der Waals surface area contributed by atoms with Crippen molar-refractivity contribution in [2.45, 2.75) is 31.7 Å². The lowest BCUT2D eigenvalue weighted by atomic mass is 10.0. The summed E-state index contributed by atoms with van der Waals surface area (Å²) in [5.41, 5.74) is 7.32. The molecule has 4 heterocycles. The van der Waals surface area contributed by atoms with E-state index in [1.54, 1.807) is 62.2 Å². The van der Waals surface area contributed by atoms with Gasteiger partial charge in [-0.15, -0.1) is 0 Å². The number of H-pyrrole nitrogens is 2. The number of rotatable bonds is 14. The molecule has 0 spiro atoms. The number of aromatic amines is 2. The molecular weight excluding hydrogens is 757 g/mol. The summed E-state index contributed by atoms with van der Waals surface area (Å²) >= 11 is 0. The number of para-hydroxylation sites is 4. The minimum Gasteiger partial charge on any atom is -0.497 e. The van der Waals surface area contributed by atoms with Crippen molar-refractivity contribution >= 4 is 56.2 Å². The van der Waals surface area contributed by atoms with Crippen LogP contribution in [-0.2, 0) is 14.3 Å². The predicted octanol–water partition coefficient (Wildman–Crippen LogP) is 5.07. The lowest BCUT2D eigenvalue weighted by Crippen LogP contribution is -2.51. The lowest BCUT2D eigenvalue weighted by molar-refractivity contribution is -0.135. The number of hydrogen-bond donors (Lipinski definition) is 5. The largest absolute Gasteiger partial charge is 0.497 e. The van der Waals surface area contributed by atoms with E-state index in [2.05, 4.69) is 25.3 Å². The Morgan fingerprint density at radius 1 is 0.729 bits per heavy atom. The molecule has 2 aromatic heterocycles. The van der Waals surface area contributed by atoms with Crippen LogP contribution in [-0.4, -0.2) is 89.6 Å². The first-order valence-corrected chi connectivity index (χ1v) is 18.9. The first-order valence-electron chi connectivity index (χ1n) is 18.9. The average Bonchev–Trinajstić information content (AvgIpc) is 3.98. The summed E-state index contributed by atoms with van der Waals surface area (Å²) < 4.78 is 29.4. The smallest absolute Gasteiger partial charge is 0.223 e. The van der Waals surface area contributed by atoms with Gasteiger partial charge in [-0.2, -0.15) is 0 Å². The number of ether oxygens (including phenoxy) is 5. The highest BCUT2D eigenvalue weighted by molar-refractivity contribution is 6.30. The van der Waals surface area contributed by atoms with Gasteiger partial charge in [-0.25, -0.2) is 9.97 Å². The summed E-state index contributed by atoms with van der Waals surface area (Å²) in [4.78, 5) is 47.6. The van der Waals surface area contributed by atoms with Gasteiger partial charge >= 0.3 is 0 Å². The quantitative estimate of drug-likeness (QED) is 0.0914. The van der Waals surface area contributed by atoms with Crippen LogP contribution >= 0.6 is 0 Å². The number of Topliss-reactive ketones (excluding diaryl/α,β-unsaturated/α-hetero) is 2. The van der Waals surface area contributed by atoms with Crippen LogP contribution in [0.4, 0.5) is 11.4 Å². The molecule has 0 radical (unpaired) electrons. The fraction of sp³-hybridized carbons (Fsp3) is 0.256. The van der Waals surface area contributed by atoms with Gasteiger partial charge in [0.1, 0.15) is 64.0 Å². The van der Waals surface area contributed by atoms with E-state index in [1.807, 2.05) is 48.5 Å². The van der Waals surface area contributed by atoms with Crippen molar-refractivity contribution in [3.63, 3.8) is 0 Å². The molecule has 2 aliphatic rings. The Morgan fingerprint density at radius 3 is 1.76 bits per heavy atom.